The van der Waals surface area contributed by atoms with Gasteiger partial charge < -0.3 is 33.6 Å². The molecule has 0 aromatic carbocycles. The van der Waals surface area contributed by atoms with Crippen LogP contribution in [0.25, 0.3) is 0 Å². The molecule has 0 aliphatic heterocycles. The van der Waals surface area contributed by atoms with Crippen molar-refractivity contribution in [1.29, 1.82) is 0 Å². The van der Waals surface area contributed by atoms with Gasteiger partial charge >= 0.3 is 11.9 Å². The van der Waals surface area contributed by atoms with Crippen LogP contribution in [0.2, 0.25) is 0 Å². The number of carbonyl (C=O) groups is 6. The first-order chi connectivity index (χ1) is 44.3. The maximum Gasteiger partial charge on any atom is 0.305 e. The van der Waals surface area contributed by atoms with Crippen molar-refractivity contribution < 1.29 is 52.8 Å². The van der Waals surface area contributed by atoms with Gasteiger partial charge in [-0.15, -0.1) is 0 Å². The highest BCUT2D eigenvalue weighted by Crippen LogP contribution is 2.33. The predicted octanol–water partition coefficient (Wildman–Crippen LogP) is 24.9. The van der Waals surface area contributed by atoms with E-state index in [4.69, 9.17) is 24.1 Å². The number of aldehydes is 1. The van der Waals surface area contributed by atoms with Crippen molar-refractivity contribution in [2.24, 2.45) is 35.5 Å². The van der Waals surface area contributed by atoms with Gasteiger partial charge in [0.1, 0.15) is 17.9 Å². The summed E-state index contributed by atoms with van der Waals surface area (Å²) in [6.45, 7) is 44.4. The SMILES string of the molecule is C=C(CCCCCCCC)OCC(CC)COC(=O)CCCCCCCC.CC(=O)C(C)C.CCCC.CCCC.CCCCC.CCCCC(COC=O)C(C)C.CCCCCCCCC(=O)OCC(CC=O)CC1CCC1.CCCCCCCCC(C)=O.CO. The fourth-order valence-corrected chi connectivity index (χ4v) is 8.67. The van der Waals surface area contributed by atoms with Gasteiger partial charge in [0.25, 0.3) is 6.47 Å². The average molecular weight is 1310 g/mol. The van der Waals surface area contributed by atoms with Crippen molar-refractivity contribution in [3.8, 4) is 0 Å². The van der Waals surface area contributed by atoms with Crippen molar-refractivity contribution in [3.63, 3.8) is 0 Å². The van der Waals surface area contributed by atoms with E-state index in [2.05, 4.69) is 104 Å². The maximum absolute atomic E-state index is 11.9. The Balaban J connectivity index is -0.000000160. The summed E-state index contributed by atoms with van der Waals surface area (Å²) in [6, 6.07) is 0. The lowest BCUT2D eigenvalue weighted by molar-refractivity contribution is -0.146. The van der Waals surface area contributed by atoms with Crippen molar-refractivity contribution >= 4 is 36.3 Å². The molecule has 0 radical (unpaired) electrons. The number of hydrogen-bond donors (Lipinski definition) is 1. The number of rotatable bonds is 52. The number of aliphatic hydroxyl groups excluding tert-OH is 1. The van der Waals surface area contributed by atoms with Crippen molar-refractivity contribution in [2.75, 3.05) is 33.5 Å². The van der Waals surface area contributed by atoms with E-state index >= 15 is 0 Å². The molecule has 0 aromatic rings. The third-order valence-corrected chi connectivity index (χ3v) is 16.3. The van der Waals surface area contributed by atoms with Crippen LogP contribution in [-0.4, -0.2) is 74.9 Å². The summed E-state index contributed by atoms with van der Waals surface area (Å²) in [5.41, 5.74) is 0. The van der Waals surface area contributed by atoms with E-state index in [0.29, 0.717) is 69.8 Å². The van der Waals surface area contributed by atoms with Crippen LogP contribution in [0.1, 0.15) is 407 Å². The smallest absolute Gasteiger partial charge is 0.305 e. The van der Waals surface area contributed by atoms with Gasteiger partial charge in [-0.3, -0.25) is 19.2 Å². The molecular weight excluding hydrogens is 1150 g/mol. The summed E-state index contributed by atoms with van der Waals surface area (Å²) >= 11 is 0. The number of esters is 2. The van der Waals surface area contributed by atoms with Gasteiger partial charge in [0.15, 0.2) is 0 Å². The van der Waals surface area contributed by atoms with E-state index in [0.717, 1.165) is 89.3 Å². The van der Waals surface area contributed by atoms with E-state index in [1.807, 2.05) is 13.8 Å². The molecule has 1 rings (SSSR count). The van der Waals surface area contributed by atoms with Crippen LogP contribution >= 0.6 is 0 Å². The van der Waals surface area contributed by atoms with Crippen molar-refractivity contribution in [3.05, 3.63) is 12.3 Å². The molecule has 3 unspecified atom stereocenters. The Bertz CT molecular complexity index is 1400. The first-order valence-corrected chi connectivity index (χ1v) is 38.8. The lowest BCUT2D eigenvalue weighted by Crippen LogP contribution is -2.21. The van der Waals surface area contributed by atoms with Gasteiger partial charge in [-0.05, 0) is 82.5 Å². The van der Waals surface area contributed by atoms with Gasteiger partial charge in [-0.25, -0.2) is 0 Å². The molecule has 0 aromatic heterocycles. The number of unbranched alkanes of at least 4 members (excludes halogenated alkanes) is 25. The molecule has 1 fully saturated rings. The van der Waals surface area contributed by atoms with E-state index in [9.17, 15) is 28.8 Å². The first kappa shape index (κ1) is 105. The minimum absolute atomic E-state index is 0.0603. The number of hydrogen-bond acceptors (Lipinski definition) is 11. The molecule has 1 aliphatic carbocycles. The number of Topliss-reactive ketones (excluding diaryl/α,β-unsaturated/α-hetero) is 2. The molecule has 0 amide bonds. The molecule has 1 saturated carbocycles. The first-order valence-electron chi connectivity index (χ1n) is 38.8. The van der Waals surface area contributed by atoms with Crippen LogP contribution in [0.5, 0.6) is 0 Å². The quantitative estimate of drug-likeness (QED) is 0.0203. The summed E-state index contributed by atoms with van der Waals surface area (Å²) in [4.78, 5) is 64.9. The normalized spacial score (nSPS) is 11.9. The lowest BCUT2D eigenvalue weighted by atomic mass is 9.78. The minimum Gasteiger partial charge on any atom is -0.498 e. The van der Waals surface area contributed by atoms with Crippen LogP contribution in [0.15, 0.2) is 12.3 Å². The monoisotopic (exact) mass is 1310 g/mol. The molecule has 0 spiro atoms. The summed E-state index contributed by atoms with van der Waals surface area (Å²) in [7, 11) is 1.00. The molecule has 1 aliphatic rings. The van der Waals surface area contributed by atoms with Gasteiger partial charge in [-0.1, -0.05) is 323 Å². The fourth-order valence-electron chi connectivity index (χ4n) is 8.67. The minimum atomic E-state index is -0.0880. The third-order valence-electron chi connectivity index (χ3n) is 16.3. The predicted molar refractivity (Wildman–Crippen MR) is 399 cm³/mol. The second-order valence-electron chi connectivity index (χ2n) is 26.3. The van der Waals surface area contributed by atoms with Gasteiger partial charge in [0, 0.05) is 51.0 Å². The summed E-state index contributed by atoms with van der Waals surface area (Å²) in [5, 5.41) is 7.00. The van der Waals surface area contributed by atoms with Crippen LogP contribution in [0.4, 0.5) is 0 Å². The second kappa shape index (κ2) is 94.3. The molecular formula is C81H164O11. The number of aliphatic hydroxyl groups is 1. The standard InChI is InChI=1S/C24H46O3.C18H32O3.C10H20O2.C10H20O.C5H10O.C5H12.2C4H10.CH4O/c1-5-8-10-12-14-16-18-22(4)26-20-23(7-3)21-27-24(25)19-17-15-13-11-9-6-2;1-2-3-4-5-6-7-11-18(20)21-15-17(12-13-19)14-16-9-8-10-16;1-4-5-6-10(9(2)3)7-12-8-11;1-3-4-5-6-7-8-9-10(2)11;1-4(2)5(3)6;1-3-5-4-2;2*1-3-4-2;1-2/h23H,4-21H2,1-3H3;13,16-17H,2-12,14-15H2,1H3;8-10H,4-7H2,1-3H3;3-9H2,1-2H3;4H,1-3H3;3-5H2,1-2H3;2*3-4H2,1-2H3;2H,1H3. The van der Waals surface area contributed by atoms with Crippen LogP contribution in [-0.2, 0) is 47.7 Å². The topological polar surface area (TPSA) is 160 Å². The molecule has 3 atom stereocenters. The zero-order valence-electron chi connectivity index (χ0n) is 65.3. The van der Waals surface area contributed by atoms with Crippen LogP contribution in [0, 0.1) is 35.5 Å². The Morgan fingerprint density at radius 3 is 1.09 bits per heavy atom. The number of ether oxygens (including phenoxy) is 4. The van der Waals surface area contributed by atoms with Crippen LogP contribution in [0.3, 0.4) is 0 Å². The summed E-state index contributed by atoms with van der Waals surface area (Å²) in [6.07, 6.45) is 52.7. The van der Waals surface area contributed by atoms with E-state index in [1.165, 1.54) is 199 Å². The van der Waals surface area contributed by atoms with E-state index in [1.54, 1.807) is 13.8 Å². The molecule has 11 nitrogen and oxygen atoms in total. The van der Waals surface area contributed by atoms with Gasteiger partial charge in [0.2, 0.25) is 0 Å². The Labute approximate surface area is 575 Å². The highest BCUT2D eigenvalue weighted by molar-refractivity contribution is 5.77. The van der Waals surface area contributed by atoms with Crippen LogP contribution < -0.4 is 0 Å². The number of carbonyl (C=O) groups excluding carboxylic acids is 6. The largest absolute Gasteiger partial charge is 0.498 e. The Kier molecular flexibility index (Phi) is 108. The molecule has 92 heavy (non-hydrogen) atoms. The summed E-state index contributed by atoms with van der Waals surface area (Å²) < 4.78 is 21.4. The third kappa shape index (κ3) is 103. The lowest BCUT2D eigenvalue weighted by Gasteiger charge is -2.28. The van der Waals surface area contributed by atoms with Crippen molar-refractivity contribution in [1.82, 2.24) is 0 Å². The molecule has 0 heterocycles. The zero-order valence-corrected chi connectivity index (χ0v) is 65.3. The zero-order chi connectivity index (χ0) is 71.5. The average Bonchev–Trinajstić information content (AvgIpc) is 3.40. The Morgan fingerprint density at radius 2 is 0.793 bits per heavy atom. The highest BCUT2D eigenvalue weighted by Gasteiger charge is 2.23. The van der Waals surface area contributed by atoms with E-state index < -0.39 is 0 Å². The van der Waals surface area contributed by atoms with Gasteiger partial charge in [0.05, 0.1) is 32.2 Å². The number of allylic oxidation sites excluding steroid dienone is 1. The highest BCUT2D eigenvalue weighted by atomic mass is 16.5. The maximum atomic E-state index is 11.9. The van der Waals surface area contributed by atoms with E-state index in [-0.39, 0.29) is 35.5 Å². The summed E-state index contributed by atoms with van der Waals surface area (Å²) in [5.74, 6) is 3.94. The molecule has 11 heteroatoms. The Hall–Kier alpha value is -3.08. The number of ketones is 2. The van der Waals surface area contributed by atoms with Gasteiger partial charge in [-0.2, -0.15) is 0 Å². The molecule has 554 valence electrons. The second-order valence-corrected chi connectivity index (χ2v) is 26.3. The molecule has 0 bridgehead atoms. The molecule has 0 saturated heterocycles. The fraction of sp³-hybridized carbons (Fsp3) is 0.901. The Morgan fingerprint density at radius 1 is 0.446 bits per heavy atom. The molecule has 1 N–H and O–H groups in total. The van der Waals surface area contributed by atoms with Crippen molar-refractivity contribution in [2.45, 2.75) is 407 Å².